The van der Waals surface area contributed by atoms with Gasteiger partial charge in [-0.25, -0.2) is 4.79 Å². The molecule has 0 aliphatic carbocycles. The van der Waals surface area contributed by atoms with Crippen LogP contribution >= 0.6 is 11.8 Å². The fraction of sp³-hybridized carbons (Fsp3) is 0.800. The second kappa shape index (κ2) is 8.27. The average molecular weight is 248 g/mol. The molecule has 0 aromatic carbocycles. The predicted molar refractivity (Wildman–Crippen MR) is 65.9 cm³/mol. The summed E-state index contributed by atoms with van der Waals surface area (Å²) in [7, 11) is 0. The van der Waals surface area contributed by atoms with Gasteiger partial charge in [0.25, 0.3) is 0 Å². The third-order valence-corrected chi connectivity index (χ3v) is 2.80. The van der Waals surface area contributed by atoms with Gasteiger partial charge in [0.05, 0.1) is 6.42 Å². The first-order valence-corrected chi connectivity index (χ1v) is 6.67. The Morgan fingerprint density at radius 1 is 1.50 bits per heavy atom. The Morgan fingerprint density at radius 3 is 2.56 bits per heavy atom. The van der Waals surface area contributed by atoms with Crippen LogP contribution in [0, 0.1) is 0 Å². The van der Waals surface area contributed by atoms with Crippen molar-refractivity contribution in [2.75, 3.05) is 25.1 Å². The quantitative estimate of drug-likeness (QED) is 0.665. The number of rotatable bonds is 7. The molecular formula is C10H20N2O3S. The van der Waals surface area contributed by atoms with Crippen molar-refractivity contribution < 1.29 is 14.7 Å². The van der Waals surface area contributed by atoms with Crippen molar-refractivity contribution >= 4 is 23.8 Å². The minimum absolute atomic E-state index is 0.0240. The van der Waals surface area contributed by atoms with Crippen LogP contribution in [0.5, 0.6) is 0 Å². The van der Waals surface area contributed by atoms with Gasteiger partial charge in [-0.2, -0.15) is 11.8 Å². The fourth-order valence-corrected chi connectivity index (χ4v) is 1.69. The normalized spacial score (nSPS) is 11.9. The lowest BCUT2D eigenvalue weighted by molar-refractivity contribution is -0.138. The lowest BCUT2D eigenvalue weighted by Gasteiger charge is -2.27. The number of hydrogen-bond acceptors (Lipinski definition) is 3. The smallest absolute Gasteiger partial charge is 0.317 e. The number of nitrogens with zero attached hydrogens (tertiary/aromatic N) is 1. The second-order valence-electron chi connectivity index (χ2n) is 3.46. The Hall–Kier alpha value is -0.910. The molecule has 0 spiro atoms. The maximum absolute atomic E-state index is 11.7. The van der Waals surface area contributed by atoms with Crippen molar-refractivity contribution in [3.8, 4) is 0 Å². The summed E-state index contributed by atoms with van der Waals surface area (Å²) in [5, 5.41) is 11.4. The van der Waals surface area contributed by atoms with Crippen LogP contribution in [0.1, 0.15) is 20.3 Å². The Kier molecular flexibility index (Phi) is 7.80. The van der Waals surface area contributed by atoms with E-state index in [2.05, 4.69) is 5.32 Å². The van der Waals surface area contributed by atoms with Gasteiger partial charge in [-0.3, -0.25) is 4.79 Å². The predicted octanol–water partition coefficient (Wildman–Crippen LogP) is 1.24. The molecule has 0 aliphatic heterocycles. The molecule has 0 saturated carbocycles. The van der Waals surface area contributed by atoms with Crippen molar-refractivity contribution in [3.63, 3.8) is 0 Å². The van der Waals surface area contributed by atoms with Crippen molar-refractivity contribution in [2.24, 2.45) is 0 Å². The van der Waals surface area contributed by atoms with E-state index >= 15 is 0 Å². The van der Waals surface area contributed by atoms with Gasteiger partial charge in [-0.1, -0.05) is 0 Å². The lowest BCUT2D eigenvalue weighted by Crippen LogP contribution is -2.46. The highest BCUT2D eigenvalue weighted by Gasteiger charge is 2.19. The summed E-state index contributed by atoms with van der Waals surface area (Å²) in [5.74, 6) is -0.0285. The summed E-state index contributed by atoms with van der Waals surface area (Å²) >= 11 is 1.65. The second-order valence-corrected chi connectivity index (χ2v) is 4.44. The van der Waals surface area contributed by atoms with E-state index < -0.39 is 5.97 Å². The average Bonchev–Trinajstić information content (AvgIpc) is 2.18. The molecule has 2 N–H and O–H groups in total. The number of aliphatic carboxylic acids is 1. The summed E-state index contributed by atoms with van der Waals surface area (Å²) in [4.78, 5) is 23.8. The fourth-order valence-electron chi connectivity index (χ4n) is 1.38. The van der Waals surface area contributed by atoms with Gasteiger partial charge in [0.2, 0.25) is 0 Å². The Bertz CT molecular complexity index is 236. The number of carbonyl (C=O) groups is 2. The largest absolute Gasteiger partial charge is 0.481 e. The zero-order chi connectivity index (χ0) is 12.6. The number of hydrogen-bond donors (Lipinski definition) is 2. The summed E-state index contributed by atoms with van der Waals surface area (Å²) in [6.45, 7) is 4.70. The molecule has 0 saturated heterocycles. The Balaban J connectivity index is 4.14. The molecule has 1 atom stereocenters. The maximum Gasteiger partial charge on any atom is 0.317 e. The van der Waals surface area contributed by atoms with Crippen molar-refractivity contribution in [1.82, 2.24) is 10.2 Å². The van der Waals surface area contributed by atoms with Gasteiger partial charge in [0, 0.05) is 24.9 Å². The summed E-state index contributed by atoms with van der Waals surface area (Å²) in [5.41, 5.74) is 0. The van der Waals surface area contributed by atoms with E-state index in [0.717, 1.165) is 5.75 Å². The van der Waals surface area contributed by atoms with E-state index in [1.807, 2.05) is 13.2 Å². The van der Waals surface area contributed by atoms with E-state index in [4.69, 9.17) is 5.11 Å². The monoisotopic (exact) mass is 248 g/mol. The van der Waals surface area contributed by atoms with Crippen LogP contribution in [0.3, 0.4) is 0 Å². The molecule has 0 heterocycles. The minimum atomic E-state index is -0.886. The number of carboxylic acid groups (broad SMARTS) is 1. The molecule has 0 aliphatic rings. The third-order valence-electron chi connectivity index (χ3n) is 2.19. The maximum atomic E-state index is 11.7. The molecule has 6 heteroatoms. The van der Waals surface area contributed by atoms with Crippen LogP contribution in [-0.4, -0.2) is 53.1 Å². The third kappa shape index (κ3) is 5.85. The molecule has 2 amide bonds. The molecule has 1 unspecified atom stereocenters. The molecule has 94 valence electrons. The SMILES string of the molecule is CCN(C(=O)NCCSC)C(C)CC(=O)O. The molecule has 0 rings (SSSR count). The number of urea groups is 1. The number of amides is 2. The van der Waals surface area contributed by atoms with E-state index in [9.17, 15) is 9.59 Å². The van der Waals surface area contributed by atoms with Gasteiger partial charge in [-0.05, 0) is 20.1 Å². The Labute approximate surface area is 101 Å². The highest BCUT2D eigenvalue weighted by molar-refractivity contribution is 7.98. The van der Waals surface area contributed by atoms with Crippen LogP contribution in [-0.2, 0) is 4.79 Å². The standard InChI is InChI=1S/C10H20N2O3S/c1-4-12(8(2)7-9(13)14)10(15)11-5-6-16-3/h8H,4-7H2,1-3H3,(H,11,15)(H,13,14). The van der Waals surface area contributed by atoms with E-state index in [1.165, 1.54) is 4.90 Å². The van der Waals surface area contributed by atoms with Gasteiger partial charge in [0.15, 0.2) is 0 Å². The topological polar surface area (TPSA) is 69.6 Å². The van der Waals surface area contributed by atoms with Crippen molar-refractivity contribution in [3.05, 3.63) is 0 Å². The van der Waals surface area contributed by atoms with Gasteiger partial charge in [-0.15, -0.1) is 0 Å². The van der Waals surface area contributed by atoms with Crippen LogP contribution in [0.15, 0.2) is 0 Å². The van der Waals surface area contributed by atoms with E-state index in [0.29, 0.717) is 13.1 Å². The molecule has 0 fully saturated rings. The van der Waals surface area contributed by atoms with E-state index in [-0.39, 0.29) is 18.5 Å². The summed E-state index contributed by atoms with van der Waals surface area (Å²) in [6.07, 6.45) is 1.95. The zero-order valence-corrected chi connectivity index (χ0v) is 10.8. The van der Waals surface area contributed by atoms with Crippen molar-refractivity contribution in [2.45, 2.75) is 26.3 Å². The van der Waals surface area contributed by atoms with Gasteiger partial charge in [0.1, 0.15) is 0 Å². The van der Waals surface area contributed by atoms with Crippen LogP contribution in [0.25, 0.3) is 0 Å². The molecular weight excluding hydrogens is 228 g/mol. The number of nitrogens with one attached hydrogen (secondary N) is 1. The first kappa shape index (κ1) is 15.1. The number of carbonyl (C=O) groups excluding carboxylic acids is 1. The highest BCUT2D eigenvalue weighted by Crippen LogP contribution is 2.04. The Morgan fingerprint density at radius 2 is 2.12 bits per heavy atom. The van der Waals surface area contributed by atoms with Gasteiger partial charge >= 0.3 is 12.0 Å². The zero-order valence-electron chi connectivity index (χ0n) is 10.0. The molecule has 0 bridgehead atoms. The first-order chi connectivity index (χ1) is 7.52. The van der Waals surface area contributed by atoms with Crippen molar-refractivity contribution in [1.29, 1.82) is 0 Å². The highest BCUT2D eigenvalue weighted by atomic mass is 32.2. The minimum Gasteiger partial charge on any atom is -0.481 e. The number of carboxylic acids is 1. The molecule has 0 aromatic rings. The molecule has 0 radical (unpaired) electrons. The van der Waals surface area contributed by atoms with E-state index in [1.54, 1.807) is 18.7 Å². The molecule has 5 nitrogen and oxygen atoms in total. The van der Waals surface area contributed by atoms with Crippen LogP contribution in [0.2, 0.25) is 0 Å². The molecule has 16 heavy (non-hydrogen) atoms. The summed E-state index contributed by atoms with van der Waals surface area (Å²) in [6, 6.07) is -0.470. The first-order valence-electron chi connectivity index (χ1n) is 5.28. The van der Waals surface area contributed by atoms with Crippen LogP contribution in [0.4, 0.5) is 4.79 Å². The lowest BCUT2D eigenvalue weighted by atomic mass is 10.2. The van der Waals surface area contributed by atoms with Crippen LogP contribution < -0.4 is 5.32 Å². The molecule has 0 aromatic heterocycles. The summed E-state index contributed by atoms with van der Waals surface area (Å²) < 4.78 is 0. The van der Waals surface area contributed by atoms with Gasteiger partial charge < -0.3 is 15.3 Å². The number of thioether (sulfide) groups is 1.